The van der Waals surface area contributed by atoms with Gasteiger partial charge in [0.05, 0.1) is 26.0 Å². The monoisotopic (exact) mass is 340 g/mol. The third-order valence-electron chi connectivity index (χ3n) is 4.40. The van der Waals surface area contributed by atoms with Crippen LogP contribution < -0.4 is 0 Å². The Hall–Kier alpha value is -1.48. The molecule has 1 atom stereocenters. The molecular formula is C15H20N2O5S. The molecule has 0 aromatic heterocycles. The number of hydrogen-bond donors (Lipinski definition) is 0. The molecule has 1 fully saturated rings. The Bertz CT molecular complexity index is 720. The van der Waals surface area contributed by atoms with Crippen LogP contribution >= 0.6 is 0 Å². The van der Waals surface area contributed by atoms with Crippen molar-refractivity contribution in [3.63, 3.8) is 0 Å². The molecule has 0 N–H and O–H groups in total. The molecule has 0 radical (unpaired) electrons. The van der Waals surface area contributed by atoms with E-state index in [1.165, 1.54) is 11.4 Å². The highest BCUT2D eigenvalue weighted by molar-refractivity contribution is 7.88. The Morgan fingerprint density at radius 1 is 1.22 bits per heavy atom. The van der Waals surface area contributed by atoms with E-state index in [0.29, 0.717) is 24.3 Å². The first-order valence-electron chi connectivity index (χ1n) is 7.39. The molecule has 2 heterocycles. The van der Waals surface area contributed by atoms with Gasteiger partial charge in [0.2, 0.25) is 10.0 Å². The molecular weight excluding hydrogens is 320 g/mol. The van der Waals surface area contributed by atoms with Crippen molar-refractivity contribution in [2.24, 2.45) is 0 Å². The van der Waals surface area contributed by atoms with Gasteiger partial charge in [-0.1, -0.05) is 18.2 Å². The zero-order valence-corrected chi connectivity index (χ0v) is 14.0. The summed E-state index contributed by atoms with van der Waals surface area (Å²) < 4.78 is 36.8. The van der Waals surface area contributed by atoms with Gasteiger partial charge in [0, 0.05) is 31.3 Å². The Balaban J connectivity index is 2.14. The summed E-state index contributed by atoms with van der Waals surface area (Å²) in [5, 5.41) is 0. The van der Waals surface area contributed by atoms with Gasteiger partial charge in [-0.2, -0.15) is 4.31 Å². The summed E-state index contributed by atoms with van der Waals surface area (Å²) in [6.45, 7) is 1.25. The van der Waals surface area contributed by atoms with Gasteiger partial charge >= 0.3 is 0 Å². The molecule has 0 spiro atoms. The average molecular weight is 340 g/mol. The summed E-state index contributed by atoms with van der Waals surface area (Å²) in [6, 6.07) is 7.17. The molecule has 0 bridgehead atoms. The van der Waals surface area contributed by atoms with E-state index in [1.807, 2.05) is 12.1 Å². The summed E-state index contributed by atoms with van der Waals surface area (Å²) in [4.78, 5) is 14.3. The number of carbonyl (C=O) groups is 1. The molecule has 7 nitrogen and oxygen atoms in total. The predicted octanol–water partition coefficient (Wildman–Crippen LogP) is 0.233. The maximum atomic E-state index is 12.8. The summed E-state index contributed by atoms with van der Waals surface area (Å²) >= 11 is 0. The molecule has 3 rings (SSSR count). The minimum atomic E-state index is -3.45. The molecule has 8 heteroatoms. The van der Waals surface area contributed by atoms with Gasteiger partial charge in [-0.15, -0.1) is 0 Å². The molecule has 2 aliphatic rings. The first-order chi connectivity index (χ1) is 10.9. The predicted molar refractivity (Wildman–Crippen MR) is 83.4 cm³/mol. The Morgan fingerprint density at radius 2 is 1.91 bits per heavy atom. The van der Waals surface area contributed by atoms with Crippen molar-refractivity contribution in [2.45, 2.75) is 5.72 Å². The number of fused-ring (bicyclic) bond motifs is 3. The first kappa shape index (κ1) is 16.4. The summed E-state index contributed by atoms with van der Waals surface area (Å²) in [7, 11) is -1.95. The molecule has 0 saturated carbocycles. The Labute approximate surface area is 135 Å². The number of nitrogens with zero attached hydrogens (tertiary/aromatic N) is 2. The number of rotatable bonds is 2. The van der Waals surface area contributed by atoms with Crippen molar-refractivity contribution < 1.29 is 22.7 Å². The number of hydrogen-bond acceptors (Lipinski definition) is 5. The average Bonchev–Trinajstić information content (AvgIpc) is 2.80. The fourth-order valence-corrected chi connectivity index (χ4v) is 4.04. The van der Waals surface area contributed by atoms with E-state index in [1.54, 1.807) is 17.0 Å². The van der Waals surface area contributed by atoms with E-state index in [-0.39, 0.29) is 25.6 Å². The maximum Gasteiger partial charge on any atom is 0.256 e. The van der Waals surface area contributed by atoms with Crippen LogP contribution in [0.2, 0.25) is 0 Å². The molecule has 1 aromatic carbocycles. The van der Waals surface area contributed by atoms with Crippen molar-refractivity contribution >= 4 is 15.9 Å². The number of carbonyl (C=O) groups excluding carboxylic acids is 1. The molecule has 23 heavy (non-hydrogen) atoms. The second-order valence-corrected chi connectivity index (χ2v) is 7.68. The lowest BCUT2D eigenvalue weighted by Crippen LogP contribution is -2.54. The lowest BCUT2D eigenvalue weighted by atomic mass is 10.0. The SMILES string of the molecule is COC12CN(S(C)(=O)=O)CCOCCN1C(=O)c1ccccc12. The molecule has 1 amide bonds. The molecule has 126 valence electrons. The fraction of sp³-hybridized carbons (Fsp3) is 0.533. The molecule has 1 aromatic rings. The number of ether oxygens (including phenoxy) is 2. The van der Waals surface area contributed by atoms with Crippen LogP contribution in [0.15, 0.2) is 24.3 Å². The van der Waals surface area contributed by atoms with Crippen molar-refractivity contribution in [3.8, 4) is 0 Å². The smallest absolute Gasteiger partial charge is 0.256 e. The molecule has 2 aliphatic heterocycles. The van der Waals surface area contributed by atoms with Crippen LogP contribution in [0, 0.1) is 0 Å². The topological polar surface area (TPSA) is 76.2 Å². The van der Waals surface area contributed by atoms with Crippen LogP contribution in [0.3, 0.4) is 0 Å². The highest BCUT2D eigenvalue weighted by Gasteiger charge is 2.52. The van der Waals surface area contributed by atoms with Gasteiger partial charge in [-0.05, 0) is 6.07 Å². The van der Waals surface area contributed by atoms with Crippen LogP contribution in [0.4, 0.5) is 0 Å². The second kappa shape index (κ2) is 5.86. The summed E-state index contributed by atoms with van der Waals surface area (Å²) in [5.74, 6) is -0.165. The number of sulfonamides is 1. The van der Waals surface area contributed by atoms with Crippen molar-refractivity contribution in [3.05, 3.63) is 35.4 Å². The van der Waals surface area contributed by atoms with E-state index in [9.17, 15) is 13.2 Å². The Morgan fingerprint density at radius 3 is 2.61 bits per heavy atom. The van der Waals surface area contributed by atoms with E-state index < -0.39 is 15.7 Å². The largest absolute Gasteiger partial charge is 0.378 e. The van der Waals surface area contributed by atoms with Gasteiger partial charge < -0.3 is 14.4 Å². The van der Waals surface area contributed by atoms with Gasteiger partial charge in [-0.3, -0.25) is 4.79 Å². The van der Waals surface area contributed by atoms with Crippen molar-refractivity contribution in [1.29, 1.82) is 0 Å². The number of benzene rings is 1. The van der Waals surface area contributed by atoms with Crippen molar-refractivity contribution in [2.75, 3.05) is 46.2 Å². The quantitative estimate of drug-likeness (QED) is 0.770. The van der Waals surface area contributed by atoms with Gasteiger partial charge in [0.15, 0.2) is 5.72 Å². The van der Waals surface area contributed by atoms with Gasteiger partial charge in [0.25, 0.3) is 5.91 Å². The number of methoxy groups -OCH3 is 1. The third-order valence-corrected chi connectivity index (χ3v) is 5.65. The molecule has 0 aliphatic carbocycles. The van der Waals surface area contributed by atoms with E-state index >= 15 is 0 Å². The van der Waals surface area contributed by atoms with Gasteiger partial charge in [-0.25, -0.2) is 8.42 Å². The summed E-state index contributed by atoms with van der Waals surface area (Å²) in [6.07, 6.45) is 1.15. The lowest BCUT2D eigenvalue weighted by molar-refractivity contribution is -0.122. The van der Waals surface area contributed by atoms with Crippen LogP contribution in [0.1, 0.15) is 15.9 Å². The number of amides is 1. The standard InChI is InChI=1S/C15H20N2O5S/c1-21-15-11-16(23(2,19)20)7-9-22-10-8-17(15)14(18)12-5-3-4-6-13(12)15/h3-6H,7-11H2,1-2H3. The van der Waals surface area contributed by atoms with Crippen LogP contribution in [0.25, 0.3) is 0 Å². The highest BCUT2D eigenvalue weighted by Crippen LogP contribution is 2.40. The molecule has 1 saturated heterocycles. The zero-order valence-electron chi connectivity index (χ0n) is 13.2. The van der Waals surface area contributed by atoms with Crippen LogP contribution in [-0.2, 0) is 25.2 Å². The normalized spacial score (nSPS) is 26.2. The van der Waals surface area contributed by atoms with Crippen molar-refractivity contribution in [1.82, 2.24) is 9.21 Å². The Kier molecular flexibility index (Phi) is 4.18. The van der Waals surface area contributed by atoms with E-state index in [4.69, 9.17) is 9.47 Å². The van der Waals surface area contributed by atoms with E-state index in [0.717, 1.165) is 6.26 Å². The van der Waals surface area contributed by atoms with Crippen LogP contribution in [-0.4, -0.2) is 69.7 Å². The third kappa shape index (κ3) is 2.65. The molecule has 1 unspecified atom stereocenters. The minimum Gasteiger partial charge on any atom is -0.378 e. The highest BCUT2D eigenvalue weighted by atomic mass is 32.2. The fourth-order valence-electron chi connectivity index (χ4n) is 3.23. The maximum absolute atomic E-state index is 12.8. The van der Waals surface area contributed by atoms with Gasteiger partial charge in [0.1, 0.15) is 0 Å². The summed E-state index contributed by atoms with van der Waals surface area (Å²) in [5.41, 5.74) is 0.121. The zero-order chi connectivity index (χ0) is 16.7. The minimum absolute atomic E-state index is 0.0500. The first-order valence-corrected chi connectivity index (χ1v) is 9.24. The van der Waals surface area contributed by atoms with E-state index in [2.05, 4.69) is 0 Å². The second-order valence-electron chi connectivity index (χ2n) is 5.70. The lowest BCUT2D eigenvalue weighted by Gasteiger charge is -2.39. The van der Waals surface area contributed by atoms with Crippen LogP contribution in [0.5, 0.6) is 0 Å².